The Morgan fingerprint density at radius 1 is 1.06 bits per heavy atom. The topological polar surface area (TPSA) is 69.0 Å². The molecule has 0 fully saturated rings. The fourth-order valence-corrected chi connectivity index (χ4v) is 3.97. The SMILES string of the molecule is Cc1cc(NC(=O)c2nn(-c3ccccc3)c3c2CCC3)ccc1Oc1cccnc1. The number of ether oxygens (including phenoxy) is 1. The molecule has 2 aromatic carbocycles. The van der Waals surface area contributed by atoms with E-state index < -0.39 is 0 Å². The number of nitrogens with zero attached hydrogens (tertiary/aromatic N) is 3. The lowest BCUT2D eigenvalue weighted by Gasteiger charge is -2.11. The monoisotopic (exact) mass is 410 g/mol. The number of fused-ring (bicyclic) bond motifs is 1. The van der Waals surface area contributed by atoms with Crippen LogP contribution in [0.2, 0.25) is 0 Å². The summed E-state index contributed by atoms with van der Waals surface area (Å²) in [4.78, 5) is 17.1. The van der Waals surface area contributed by atoms with Gasteiger partial charge in [-0.1, -0.05) is 18.2 Å². The van der Waals surface area contributed by atoms with Gasteiger partial charge in [-0.05, 0) is 74.2 Å². The minimum absolute atomic E-state index is 0.187. The molecule has 6 heteroatoms. The maximum Gasteiger partial charge on any atom is 0.276 e. The van der Waals surface area contributed by atoms with Crippen LogP contribution in [0.15, 0.2) is 73.1 Å². The van der Waals surface area contributed by atoms with Gasteiger partial charge >= 0.3 is 0 Å². The van der Waals surface area contributed by atoms with Crippen molar-refractivity contribution in [2.45, 2.75) is 26.2 Å². The Hall–Kier alpha value is -3.93. The summed E-state index contributed by atoms with van der Waals surface area (Å²) in [5.74, 6) is 1.21. The predicted molar refractivity (Wildman–Crippen MR) is 119 cm³/mol. The number of pyridine rings is 1. The molecule has 1 N–H and O–H groups in total. The summed E-state index contributed by atoms with van der Waals surface area (Å²) in [6, 6.07) is 19.2. The molecule has 2 heterocycles. The Balaban J connectivity index is 1.38. The van der Waals surface area contributed by atoms with E-state index in [0.717, 1.165) is 47.5 Å². The lowest BCUT2D eigenvalue weighted by Crippen LogP contribution is -2.15. The molecular formula is C25H22N4O2. The Kier molecular flexibility index (Phi) is 4.96. The molecule has 0 radical (unpaired) electrons. The molecule has 0 aliphatic heterocycles. The Morgan fingerprint density at radius 3 is 2.71 bits per heavy atom. The fraction of sp³-hybridized carbons (Fsp3) is 0.160. The first-order chi connectivity index (χ1) is 15.2. The number of benzene rings is 2. The van der Waals surface area contributed by atoms with Crippen molar-refractivity contribution in [1.82, 2.24) is 14.8 Å². The zero-order valence-corrected chi connectivity index (χ0v) is 17.2. The summed E-state index contributed by atoms with van der Waals surface area (Å²) in [5.41, 5.74) is 5.29. The summed E-state index contributed by atoms with van der Waals surface area (Å²) in [6.07, 6.45) is 6.22. The van der Waals surface area contributed by atoms with Crippen LogP contribution in [0.3, 0.4) is 0 Å². The van der Waals surface area contributed by atoms with E-state index in [1.807, 2.05) is 72.3 Å². The van der Waals surface area contributed by atoms with Crippen LogP contribution in [0.1, 0.15) is 33.7 Å². The van der Waals surface area contributed by atoms with Crippen molar-refractivity contribution in [3.05, 3.63) is 95.6 Å². The van der Waals surface area contributed by atoms with E-state index in [9.17, 15) is 4.79 Å². The molecule has 0 spiro atoms. The van der Waals surface area contributed by atoms with Crippen LogP contribution in [0.5, 0.6) is 11.5 Å². The molecule has 0 saturated carbocycles. The number of carbonyl (C=O) groups is 1. The highest BCUT2D eigenvalue weighted by Gasteiger charge is 2.27. The molecule has 0 unspecified atom stereocenters. The maximum atomic E-state index is 13.1. The second-order valence-electron chi connectivity index (χ2n) is 7.60. The number of nitrogens with one attached hydrogen (secondary N) is 1. The van der Waals surface area contributed by atoms with E-state index in [0.29, 0.717) is 17.1 Å². The van der Waals surface area contributed by atoms with Crippen molar-refractivity contribution < 1.29 is 9.53 Å². The van der Waals surface area contributed by atoms with E-state index in [4.69, 9.17) is 4.74 Å². The van der Waals surface area contributed by atoms with Gasteiger partial charge in [0.15, 0.2) is 5.69 Å². The van der Waals surface area contributed by atoms with Crippen LogP contribution in [0, 0.1) is 6.92 Å². The Morgan fingerprint density at radius 2 is 1.94 bits per heavy atom. The van der Waals surface area contributed by atoms with E-state index in [2.05, 4.69) is 15.4 Å². The zero-order valence-electron chi connectivity index (χ0n) is 17.2. The molecule has 0 atom stereocenters. The average Bonchev–Trinajstić information content (AvgIpc) is 3.40. The lowest BCUT2D eigenvalue weighted by atomic mass is 10.1. The molecule has 2 aromatic heterocycles. The predicted octanol–water partition coefficient (Wildman–Crippen LogP) is 5.11. The summed E-state index contributed by atoms with van der Waals surface area (Å²) in [5, 5.41) is 7.67. The number of carbonyl (C=O) groups excluding carboxylic acids is 1. The molecule has 154 valence electrons. The molecule has 1 amide bonds. The van der Waals surface area contributed by atoms with Crippen LogP contribution in [-0.4, -0.2) is 20.7 Å². The highest BCUT2D eigenvalue weighted by Crippen LogP contribution is 2.30. The summed E-state index contributed by atoms with van der Waals surface area (Å²) < 4.78 is 7.79. The first-order valence-electron chi connectivity index (χ1n) is 10.3. The minimum Gasteiger partial charge on any atom is -0.455 e. The van der Waals surface area contributed by atoms with Gasteiger partial charge in [0.05, 0.1) is 11.9 Å². The van der Waals surface area contributed by atoms with Gasteiger partial charge in [-0.2, -0.15) is 5.10 Å². The number of hydrogen-bond donors (Lipinski definition) is 1. The van der Waals surface area contributed by atoms with E-state index in [-0.39, 0.29) is 5.91 Å². The third kappa shape index (κ3) is 3.80. The van der Waals surface area contributed by atoms with Gasteiger partial charge in [0.2, 0.25) is 0 Å². The summed E-state index contributed by atoms with van der Waals surface area (Å²) in [6.45, 7) is 1.95. The zero-order chi connectivity index (χ0) is 21.2. The van der Waals surface area contributed by atoms with E-state index in [1.165, 1.54) is 0 Å². The van der Waals surface area contributed by atoms with Crippen molar-refractivity contribution in [2.24, 2.45) is 0 Å². The van der Waals surface area contributed by atoms with Gasteiger partial charge < -0.3 is 10.1 Å². The fourth-order valence-electron chi connectivity index (χ4n) is 3.97. The van der Waals surface area contributed by atoms with Gasteiger partial charge in [0, 0.05) is 23.1 Å². The second kappa shape index (κ2) is 8.07. The summed E-state index contributed by atoms with van der Waals surface area (Å²) >= 11 is 0. The van der Waals surface area contributed by atoms with Crippen LogP contribution < -0.4 is 10.1 Å². The average molecular weight is 410 g/mol. The van der Waals surface area contributed by atoms with E-state index >= 15 is 0 Å². The third-order valence-electron chi connectivity index (χ3n) is 5.44. The van der Waals surface area contributed by atoms with Crippen molar-refractivity contribution in [1.29, 1.82) is 0 Å². The van der Waals surface area contributed by atoms with Gasteiger partial charge in [0.1, 0.15) is 11.5 Å². The van der Waals surface area contributed by atoms with Crippen LogP contribution in [0.4, 0.5) is 5.69 Å². The summed E-state index contributed by atoms with van der Waals surface area (Å²) in [7, 11) is 0. The molecule has 1 aliphatic carbocycles. The quantitative estimate of drug-likeness (QED) is 0.496. The van der Waals surface area contributed by atoms with E-state index in [1.54, 1.807) is 12.4 Å². The number of rotatable bonds is 5. The molecule has 6 nitrogen and oxygen atoms in total. The van der Waals surface area contributed by atoms with Gasteiger partial charge in [-0.15, -0.1) is 0 Å². The number of amides is 1. The minimum atomic E-state index is -0.187. The number of aromatic nitrogens is 3. The maximum absolute atomic E-state index is 13.1. The standard InChI is InChI=1S/C25H22N4O2/c1-17-15-18(12-13-23(17)31-20-9-6-14-26-16-20)27-25(30)24-21-10-5-11-22(21)29(28-24)19-7-3-2-4-8-19/h2-4,6-9,12-16H,5,10-11H2,1H3,(H,27,30). The molecular weight excluding hydrogens is 388 g/mol. The lowest BCUT2D eigenvalue weighted by molar-refractivity contribution is 0.102. The molecule has 1 aliphatic rings. The molecule has 31 heavy (non-hydrogen) atoms. The van der Waals surface area contributed by atoms with Gasteiger partial charge in [-0.25, -0.2) is 4.68 Å². The van der Waals surface area contributed by atoms with Crippen LogP contribution in [0.25, 0.3) is 5.69 Å². The normalized spacial score (nSPS) is 12.4. The highest BCUT2D eigenvalue weighted by atomic mass is 16.5. The van der Waals surface area contributed by atoms with Crippen molar-refractivity contribution >= 4 is 11.6 Å². The Labute approximate surface area is 180 Å². The molecule has 5 rings (SSSR count). The van der Waals surface area contributed by atoms with Gasteiger partial charge in [-0.3, -0.25) is 9.78 Å². The number of hydrogen-bond acceptors (Lipinski definition) is 4. The number of aryl methyl sites for hydroxylation is 1. The van der Waals surface area contributed by atoms with Crippen LogP contribution in [-0.2, 0) is 12.8 Å². The van der Waals surface area contributed by atoms with Crippen molar-refractivity contribution in [2.75, 3.05) is 5.32 Å². The smallest absolute Gasteiger partial charge is 0.276 e. The third-order valence-corrected chi connectivity index (χ3v) is 5.44. The molecule has 0 saturated heterocycles. The molecule has 4 aromatic rings. The first-order valence-corrected chi connectivity index (χ1v) is 10.3. The number of anilines is 1. The first kappa shape index (κ1) is 19.1. The highest BCUT2D eigenvalue weighted by molar-refractivity contribution is 6.04. The Bertz CT molecular complexity index is 1230. The number of para-hydroxylation sites is 1. The van der Waals surface area contributed by atoms with Crippen LogP contribution >= 0.6 is 0 Å². The van der Waals surface area contributed by atoms with Crippen molar-refractivity contribution in [3.8, 4) is 17.2 Å². The van der Waals surface area contributed by atoms with Crippen molar-refractivity contribution in [3.63, 3.8) is 0 Å². The van der Waals surface area contributed by atoms with Gasteiger partial charge in [0.25, 0.3) is 5.91 Å². The molecule has 0 bridgehead atoms. The second-order valence-corrected chi connectivity index (χ2v) is 7.60. The largest absolute Gasteiger partial charge is 0.455 e.